The monoisotopic (exact) mass is 345 g/mol. The van der Waals surface area contributed by atoms with E-state index in [2.05, 4.69) is 15.0 Å². The van der Waals surface area contributed by atoms with Crippen molar-refractivity contribution < 1.29 is 10.2 Å². The second-order valence-corrected chi connectivity index (χ2v) is 5.63. The topological polar surface area (TPSA) is 78.1 Å². The van der Waals surface area contributed by atoms with E-state index in [1.54, 1.807) is 48.8 Å². The van der Waals surface area contributed by atoms with Crippen LogP contribution in [0.1, 0.15) is 11.4 Å². The zero-order valence-electron chi connectivity index (χ0n) is 14.2. The third-order valence-corrected chi connectivity index (χ3v) is 3.69. The fourth-order valence-electron chi connectivity index (χ4n) is 2.38. The number of rotatable bonds is 6. The fraction of sp³-hybridized carbons (Fsp3) is 0.0952. The Morgan fingerprint density at radius 3 is 1.58 bits per heavy atom. The van der Waals surface area contributed by atoms with Crippen molar-refractivity contribution in [1.82, 2.24) is 4.98 Å². The van der Waals surface area contributed by atoms with Crippen LogP contribution in [-0.4, -0.2) is 27.6 Å². The minimum Gasteiger partial charge on any atom is -0.506 e. The number of hydrogen-bond acceptors (Lipinski definition) is 5. The van der Waals surface area contributed by atoms with E-state index in [9.17, 15) is 10.2 Å². The maximum Gasteiger partial charge on any atom is 0.141 e. The smallest absolute Gasteiger partial charge is 0.141 e. The first-order valence-corrected chi connectivity index (χ1v) is 8.28. The van der Waals surface area contributed by atoms with Gasteiger partial charge in [-0.15, -0.1) is 0 Å². The zero-order chi connectivity index (χ0) is 18.2. The first kappa shape index (κ1) is 17.4. The van der Waals surface area contributed by atoms with Crippen LogP contribution in [0.25, 0.3) is 0 Å². The van der Waals surface area contributed by atoms with Crippen LogP contribution in [0.3, 0.4) is 0 Å². The summed E-state index contributed by atoms with van der Waals surface area (Å²) in [5.74, 6) is 0.316. The van der Waals surface area contributed by atoms with Gasteiger partial charge in [-0.2, -0.15) is 0 Å². The molecule has 1 aromatic heterocycles. The molecule has 0 aliphatic heterocycles. The van der Waals surface area contributed by atoms with E-state index < -0.39 is 0 Å². The SMILES string of the molecule is Oc1ccccc1N=CCc1cccc(CC=Nc2ccccc2O)n1. The van der Waals surface area contributed by atoms with Crippen molar-refractivity contribution in [2.75, 3.05) is 0 Å². The van der Waals surface area contributed by atoms with E-state index in [1.165, 1.54) is 0 Å². The van der Waals surface area contributed by atoms with Crippen LogP contribution in [0, 0.1) is 0 Å². The number of aliphatic imine (C=N–C) groups is 2. The van der Waals surface area contributed by atoms with E-state index >= 15 is 0 Å². The van der Waals surface area contributed by atoms with Gasteiger partial charge in [-0.1, -0.05) is 30.3 Å². The summed E-state index contributed by atoms with van der Waals surface area (Å²) < 4.78 is 0. The highest BCUT2D eigenvalue weighted by Gasteiger charge is 1.99. The molecular formula is C21H19N3O2. The standard InChI is InChI=1S/C21H19N3O2/c25-20-10-3-1-8-18(20)22-14-12-16-6-5-7-17(24-16)13-15-23-19-9-2-4-11-21(19)26/h1-11,14-15,25-26H,12-13H2. The van der Waals surface area contributed by atoms with Gasteiger partial charge in [0.15, 0.2) is 0 Å². The molecule has 0 fully saturated rings. The van der Waals surface area contributed by atoms with Crippen molar-refractivity contribution in [1.29, 1.82) is 0 Å². The summed E-state index contributed by atoms with van der Waals surface area (Å²) in [7, 11) is 0. The number of phenolic OH excluding ortho intramolecular Hbond substituents is 2. The maximum atomic E-state index is 9.70. The molecular weight excluding hydrogens is 326 g/mol. The Bertz CT molecular complexity index is 863. The number of benzene rings is 2. The fourth-order valence-corrected chi connectivity index (χ4v) is 2.38. The highest BCUT2D eigenvalue weighted by Crippen LogP contribution is 2.25. The molecule has 0 saturated heterocycles. The number of hydrogen-bond donors (Lipinski definition) is 2. The number of phenols is 2. The minimum atomic E-state index is 0.158. The summed E-state index contributed by atoms with van der Waals surface area (Å²) in [5, 5.41) is 19.4. The first-order chi connectivity index (χ1) is 12.7. The zero-order valence-corrected chi connectivity index (χ0v) is 14.2. The predicted octanol–water partition coefficient (Wildman–Crippen LogP) is 4.38. The van der Waals surface area contributed by atoms with Crippen molar-refractivity contribution in [2.45, 2.75) is 12.8 Å². The molecule has 2 N–H and O–H groups in total. The molecule has 2 aromatic carbocycles. The van der Waals surface area contributed by atoms with E-state index in [0.29, 0.717) is 24.2 Å². The Morgan fingerprint density at radius 1 is 0.654 bits per heavy atom. The van der Waals surface area contributed by atoms with Crippen molar-refractivity contribution in [3.05, 3.63) is 78.1 Å². The molecule has 5 heteroatoms. The molecule has 0 unspecified atom stereocenters. The molecule has 0 aliphatic rings. The van der Waals surface area contributed by atoms with Gasteiger partial charge in [-0.25, -0.2) is 0 Å². The Kier molecular flexibility index (Phi) is 5.72. The number of nitrogens with zero attached hydrogens (tertiary/aromatic N) is 3. The quantitative estimate of drug-likeness (QED) is 0.651. The van der Waals surface area contributed by atoms with Gasteiger partial charge >= 0.3 is 0 Å². The summed E-state index contributed by atoms with van der Waals surface area (Å²) in [6.45, 7) is 0. The van der Waals surface area contributed by atoms with Gasteiger partial charge in [0.05, 0.1) is 0 Å². The number of pyridine rings is 1. The second-order valence-electron chi connectivity index (χ2n) is 5.63. The molecule has 0 saturated carbocycles. The highest BCUT2D eigenvalue weighted by molar-refractivity contribution is 5.69. The molecule has 0 bridgehead atoms. The van der Waals surface area contributed by atoms with Gasteiger partial charge < -0.3 is 10.2 Å². The minimum absolute atomic E-state index is 0.158. The lowest BCUT2D eigenvalue weighted by Crippen LogP contribution is -1.97. The average Bonchev–Trinajstić information content (AvgIpc) is 2.65. The second kappa shape index (κ2) is 8.58. The lowest BCUT2D eigenvalue weighted by molar-refractivity contribution is 0.476. The molecule has 0 radical (unpaired) electrons. The van der Waals surface area contributed by atoms with Gasteiger partial charge in [0.1, 0.15) is 22.9 Å². The van der Waals surface area contributed by atoms with Crippen molar-refractivity contribution in [3.8, 4) is 11.5 Å². The number of para-hydroxylation sites is 4. The molecule has 1 heterocycles. The lowest BCUT2D eigenvalue weighted by atomic mass is 10.2. The van der Waals surface area contributed by atoms with E-state index in [4.69, 9.17) is 0 Å². The third kappa shape index (κ3) is 4.77. The van der Waals surface area contributed by atoms with Crippen molar-refractivity contribution in [2.24, 2.45) is 9.98 Å². The van der Waals surface area contributed by atoms with E-state index in [0.717, 1.165) is 11.4 Å². The largest absolute Gasteiger partial charge is 0.506 e. The van der Waals surface area contributed by atoms with Crippen LogP contribution in [0.4, 0.5) is 11.4 Å². The molecule has 0 atom stereocenters. The summed E-state index contributed by atoms with van der Waals surface area (Å²) in [6, 6.07) is 19.7. The van der Waals surface area contributed by atoms with Crippen LogP contribution in [-0.2, 0) is 12.8 Å². The molecule has 0 spiro atoms. The Balaban J connectivity index is 1.61. The van der Waals surface area contributed by atoms with Gasteiger partial charge in [0.2, 0.25) is 0 Å². The van der Waals surface area contributed by atoms with Gasteiger partial charge in [0, 0.05) is 36.7 Å². The Labute approximate surface area is 152 Å². The van der Waals surface area contributed by atoms with Crippen LogP contribution in [0.2, 0.25) is 0 Å². The first-order valence-electron chi connectivity index (χ1n) is 8.28. The Morgan fingerprint density at radius 2 is 1.12 bits per heavy atom. The molecule has 26 heavy (non-hydrogen) atoms. The van der Waals surface area contributed by atoms with E-state index in [1.807, 2.05) is 30.3 Å². The number of aromatic hydroxyl groups is 2. The van der Waals surface area contributed by atoms with Gasteiger partial charge in [0.25, 0.3) is 0 Å². The lowest BCUT2D eigenvalue weighted by Gasteiger charge is -2.01. The van der Waals surface area contributed by atoms with Gasteiger partial charge in [-0.05, 0) is 36.4 Å². The average molecular weight is 345 g/mol. The van der Waals surface area contributed by atoms with Crippen molar-refractivity contribution >= 4 is 23.8 Å². The number of aromatic nitrogens is 1. The predicted molar refractivity (Wildman–Crippen MR) is 104 cm³/mol. The summed E-state index contributed by atoms with van der Waals surface area (Å²) >= 11 is 0. The summed E-state index contributed by atoms with van der Waals surface area (Å²) in [5.41, 5.74) is 2.85. The molecule has 3 rings (SSSR count). The highest BCUT2D eigenvalue weighted by atomic mass is 16.3. The molecule has 0 aliphatic carbocycles. The van der Waals surface area contributed by atoms with Crippen LogP contribution < -0.4 is 0 Å². The molecule has 0 amide bonds. The van der Waals surface area contributed by atoms with Crippen LogP contribution in [0.15, 0.2) is 76.7 Å². The maximum absolute atomic E-state index is 9.70. The molecule has 5 nitrogen and oxygen atoms in total. The third-order valence-electron chi connectivity index (χ3n) is 3.69. The Hall–Kier alpha value is -3.47. The van der Waals surface area contributed by atoms with E-state index in [-0.39, 0.29) is 11.5 Å². The van der Waals surface area contributed by atoms with Crippen LogP contribution >= 0.6 is 0 Å². The summed E-state index contributed by atoms with van der Waals surface area (Å²) in [6.07, 6.45) is 4.60. The van der Waals surface area contributed by atoms with Gasteiger partial charge in [-0.3, -0.25) is 15.0 Å². The molecule has 3 aromatic rings. The molecule has 130 valence electrons. The normalized spacial score (nSPS) is 11.4. The summed E-state index contributed by atoms with van der Waals surface area (Å²) in [4.78, 5) is 13.1. The van der Waals surface area contributed by atoms with Crippen molar-refractivity contribution in [3.63, 3.8) is 0 Å². The van der Waals surface area contributed by atoms with Crippen LogP contribution in [0.5, 0.6) is 11.5 Å².